The Balaban J connectivity index is 2.74. The van der Waals surface area contributed by atoms with Crippen molar-refractivity contribution < 1.29 is 23.6 Å². The van der Waals surface area contributed by atoms with Gasteiger partial charge in [-0.25, -0.2) is 0 Å². The summed E-state index contributed by atoms with van der Waals surface area (Å²) < 4.78 is 22.0. The van der Waals surface area contributed by atoms with Gasteiger partial charge in [-0.2, -0.15) is 0 Å². The molecule has 0 aromatic heterocycles. The molecule has 2 radical (unpaired) electrons. The molecule has 1 aliphatic heterocycles. The molecule has 0 amide bonds. The van der Waals surface area contributed by atoms with Crippen LogP contribution in [-0.2, 0) is 30.5 Å². The quantitative estimate of drug-likeness (QED) is 0.350. The van der Waals surface area contributed by atoms with Gasteiger partial charge in [0.2, 0.25) is 0 Å². The van der Waals surface area contributed by atoms with E-state index in [0.29, 0.717) is 32.3 Å². The minimum Gasteiger partial charge on any atom is -0.382 e. The highest BCUT2D eigenvalue weighted by molar-refractivity contribution is 8.09. The molecular formula is C11H23BNO5PS. The molecule has 5 atom stereocenters. The first kappa shape index (κ1) is 18.5. The van der Waals surface area contributed by atoms with E-state index < -0.39 is 30.8 Å². The third kappa shape index (κ3) is 5.35. The van der Waals surface area contributed by atoms with Crippen molar-refractivity contribution in [3.05, 3.63) is 0 Å². The van der Waals surface area contributed by atoms with Crippen LogP contribution in [0.4, 0.5) is 0 Å². The van der Waals surface area contributed by atoms with Crippen LogP contribution < -0.4 is 5.73 Å². The van der Waals surface area contributed by atoms with Crippen LogP contribution in [-0.4, -0.2) is 70.1 Å². The lowest BCUT2D eigenvalue weighted by atomic mass is 9.93. The second kappa shape index (κ2) is 8.81. The Morgan fingerprint density at radius 3 is 2.70 bits per heavy atom. The Morgan fingerprint density at radius 2 is 2.15 bits per heavy atom. The van der Waals surface area contributed by atoms with E-state index in [9.17, 15) is 4.89 Å². The van der Waals surface area contributed by atoms with E-state index >= 15 is 0 Å². The molecule has 116 valence electrons. The van der Waals surface area contributed by atoms with Gasteiger partial charge in [0, 0.05) is 25.9 Å². The first-order chi connectivity index (χ1) is 9.45. The molecule has 3 N–H and O–H groups in total. The zero-order valence-electron chi connectivity index (χ0n) is 11.9. The van der Waals surface area contributed by atoms with Gasteiger partial charge in [-0.3, -0.25) is 0 Å². The Bertz CT molecular complexity index is 338. The highest BCUT2D eigenvalue weighted by atomic mass is 32.5. The fourth-order valence-corrected chi connectivity index (χ4v) is 3.02. The Hall–Kier alpha value is 0.475. The molecule has 1 fully saturated rings. The molecule has 1 saturated heterocycles. The van der Waals surface area contributed by atoms with Crippen LogP contribution in [0.1, 0.15) is 13.3 Å². The third-order valence-corrected chi connectivity index (χ3v) is 5.43. The average Bonchev–Trinajstić information content (AvgIpc) is 2.67. The molecule has 1 heterocycles. The Kier molecular flexibility index (Phi) is 8.16. The summed E-state index contributed by atoms with van der Waals surface area (Å²) >= 11 is 5.08. The van der Waals surface area contributed by atoms with Crippen molar-refractivity contribution in [1.29, 1.82) is 0 Å². The first-order valence-corrected chi connectivity index (χ1v) is 9.52. The smallest absolute Gasteiger partial charge is 0.186 e. The Morgan fingerprint density at radius 1 is 1.45 bits per heavy atom. The predicted octanol–water partition coefficient (Wildman–Crippen LogP) is -0.0329. The maximum atomic E-state index is 10.0. The largest absolute Gasteiger partial charge is 0.382 e. The third-order valence-electron chi connectivity index (χ3n) is 3.02. The zero-order chi connectivity index (χ0) is 15.2. The first-order valence-electron chi connectivity index (χ1n) is 6.67. The fourth-order valence-electron chi connectivity index (χ4n) is 1.94. The van der Waals surface area contributed by atoms with Crippen LogP contribution in [0, 0.1) is 0 Å². The molecule has 0 aromatic rings. The highest BCUT2D eigenvalue weighted by Crippen LogP contribution is 2.46. The highest BCUT2D eigenvalue weighted by Gasteiger charge is 2.45. The molecule has 1 aliphatic rings. The van der Waals surface area contributed by atoms with Crippen molar-refractivity contribution in [3.8, 4) is 0 Å². The van der Waals surface area contributed by atoms with Gasteiger partial charge in [-0.05, 0) is 24.8 Å². The lowest BCUT2D eigenvalue weighted by Crippen LogP contribution is -2.39. The lowest BCUT2D eigenvalue weighted by Gasteiger charge is -2.27. The van der Waals surface area contributed by atoms with E-state index in [0.717, 1.165) is 0 Å². The van der Waals surface area contributed by atoms with E-state index in [1.807, 2.05) is 0 Å². The van der Waals surface area contributed by atoms with Gasteiger partial charge in [-0.15, -0.1) is 0 Å². The van der Waals surface area contributed by atoms with Gasteiger partial charge in [0.25, 0.3) is 0 Å². The molecule has 1 rings (SSSR count). The van der Waals surface area contributed by atoms with Gasteiger partial charge in [0.15, 0.2) is 6.49 Å². The summed E-state index contributed by atoms with van der Waals surface area (Å²) in [7, 11) is 7.47. The molecule has 0 aromatic carbocycles. The number of rotatable bonds is 9. The SMILES string of the molecule is [B][C@@H]1O[C@H](COC)C(OP(O)(=S)CC)[C@@H]1OCCCN. The Labute approximate surface area is 126 Å². The second-order valence-corrected chi connectivity index (χ2v) is 8.43. The van der Waals surface area contributed by atoms with Crippen LogP contribution in [0.2, 0.25) is 0 Å². The maximum absolute atomic E-state index is 10.0. The summed E-state index contributed by atoms with van der Waals surface area (Å²) in [4.78, 5) is 10.0. The number of hydrogen-bond acceptors (Lipinski definition) is 6. The summed E-state index contributed by atoms with van der Waals surface area (Å²) in [6.45, 7) is 0.222. The van der Waals surface area contributed by atoms with Crippen molar-refractivity contribution in [1.82, 2.24) is 0 Å². The van der Waals surface area contributed by atoms with Crippen LogP contribution >= 0.6 is 6.49 Å². The van der Waals surface area contributed by atoms with Crippen molar-refractivity contribution in [2.45, 2.75) is 37.7 Å². The molecule has 0 spiro atoms. The van der Waals surface area contributed by atoms with Crippen molar-refractivity contribution in [3.63, 3.8) is 0 Å². The van der Waals surface area contributed by atoms with Crippen molar-refractivity contribution in [2.24, 2.45) is 5.73 Å². The van der Waals surface area contributed by atoms with Crippen LogP contribution in [0.5, 0.6) is 0 Å². The van der Waals surface area contributed by atoms with Gasteiger partial charge in [0.1, 0.15) is 26.2 Å². The van der Waals surface area contributed by atoms with Gasteiger partial charge < -0.3 is 29.4 Å². The number of nitrogens with two attached hydrogens (primary N) is 1. The summed E-state index contributed by atoms with van der Waals surface area (Å²) in [5, 5.41) is 0. The minimum absolute atomic E-state index is 0.300. The van der Waals surface area contributed by atoms with E-state index in [1.165, 1.54) is 0 Å². The second-order valence-electron chi connectivity index (χ2n) is 4.60. The summed E-state index contributed by atoms with van der Waals surface area (Å²) in [5.41, 5.74) is 5.44. The van der Waals surface area contributed by atoms with Crippen molar-refractivity contribution >= 4 is 26.1 Å². The molecule has 6 nitrogen and oxygen atoms in total. The van der Waals surface area contributed by atoms with Gasteiger partial charge in [-0.1, -0.05) is 6.92 Å². The molecule has 9 heteroatoms. The van der Waals surface area contributed by atoms with Crippen LogP contribution in [0.25, 0.3) is 0 Å². The number of ether oxygens (including phenoxy) is 3. The van der Waals surface area contributed by atoms with Gasteiger partial charge >= 0.3 is 0 Å². The summed E-state index contributed by atoms with van der Waals surface area (Å²) in [5.74, 6) is 0. The van der Waals surface area contributed by atoms with Gasteiger partial charge in [0.05, 0.1) is 6.61 Å². The minimum atomic E-state index is -2.85. The number of hydrogen-bond donors (Lipinski definition) is 2. The van der Waals surface area contributed by atoms with E-state index in [4.69, 9.17) is 44.1 Å². The molecule has 2 unspecified atom stereocenters. The zero-order valence-corrected chi connectivity index (χ0v) is 13.6. The molecule has 20 heavy (non-hydrogen) atoms. The monoisotopic (exact) mass is 323 g/mol. The standard InChI is InChI=1S/C11H23BNO5PS/c1-3-19(14,20)18-9-8(7-15-2)17-11(12)10(9)16-6-4-5-13/h8-11H,3-7,13H2,1-2H3,(H,14,20)/t8-,9?,10+,11-,19?/m1/s1. The summed E-state index contributed by atoms with van der Waals surface area (Å²) in [6.07, 6.45) is -0.324. The molecule has 0 saturated carbocycles. The molecule has 0 bridgehead atoms. The van der Waals surface area contributed by atoms with Crippen molar-refractivity contribution in [2.75, 3.05) is 33.0 Å². The average molecular weight is 323 g/mol. The normalized spacial score (nSPS) is 33.2. The van der Waals surface area contributed by atoms with E-state index in [2.05, 4.69) is 0 Å². The fraction of sp³-hybridized carbons (Fsp3) is 1.00. The molecular weight excluding hydrogens is 300 g/mol. The maximum Gasteiger partial charge on any atom is 0.186 e. The van der Waals surface area contributed by atoms with Crippen LogP contribution in [0.3, 0.4) is 0 Å². The topological polar surface area (TPSA) is 83.2 Å². The lowest BCUT2D eigenvalue weighted by molar-refractivity contribution is -0.0205. The number of methoxy groups -OCH3 is 1. The van der Waals surface area contributed by atoms with E-state index in [-0.39, 0.29) is 0 Å². The van der Waals surface area contributed by atoms with Crippen LogP contribution in [0.15, 0.2) is 0 Å². The molecule has 0 aliphatic carbocycles. The predicted molar refractivity (Wildman–Crippen MR) is 81.6 cm³/mol. The van der Waals surface area contributed by atoms with E-state index in [1.54, 1.807) is 14.0 Å². The summed E-state index contributed by atoms with van der Waals surface area (Å²) in [6, 6.07) is -0.634.